The summed E-state index contributed by atoms with van der Waals surface area (Å²) in [6.07, 6.45) is 1.93. The van der Waals surface area contributed by atoms with E-state index in [1.54, 1.807) is 36.4 Å². The van der Waals surface area contributed by atoms with Gasteiger partial charge in [0, 0.05) is 16.0 Å². The first-order chi connectivity index (χ1) is 15.9. The molecule has 0 unspecified atom stereocenters. The lowest BCUT2D eigenvalue weighted by atomic mass is 10.1. The molecule has 0 heterocycles. The van der Waals surface area contributed by atoms with Crippen molar-refractivity contribution in [2.45, 2.75) is 16.7 Å². The lowest BCUT2D eigenvalue weighted by Crippen LogP contribution is -2.38. The molecule has 0 aliphatic carbocycles. The molecule has 0 fully saturated rings. The summed E-state index contributed by atoms with van der Waals surface area (Å²) < 4.78 is 28.3. The number of thioether (sulfide) groups is 1. The molecule has 7 heteroatoms. The Balaban J connectivity index is 1.67. The van der Waals surface area contributed by atoms with Crippen LogP contribution in [0.1, 0.15) is 5.56 Å². The van der Waals surface area contributed by atoms with Crippen molar-refractivity contribution in [2.24, 2.45) is 0 Å². The highest BCUT2D eigenvalue weighted by Crippen LogP contribution is 2.27. The molecule has 168 valence electrons. The summed E-state index contributed by atoms with van der Waals surface area (Å²) in [7, 11) is -3.96. The van der Waals surface area contributed by atoms with Crippen LogP contribution in [0.3, 0.4) is 0 Å². The summed E-state index contributed by atoms with van der Waals surface area (Å²) in [6, 6.07) is 27.1. The molecule has 0 spiro atoms. The third-order valence-corrected chi connectivity index (χ3v) is 7.85. The summed E-state index contributed by atoms with van der Waals surface area (Å²) in [4.78, 5) is 14.2. The van der Waals surface area contributed by atoms with Gasteiger partial charge in [0.05, 0.1) is 10.6 Å². The summed E-state index contributed by atoms with van der Waals surface area (Å²) in [6.45, 7) is 1.58. The minimum absolute atomic E-state index is 0.138. The zero-order valence-electron chi connectivity index (χ0n) is 18.4. The molecule has 0 bridgehead atoms. The number of carbonyl (C=O) groups excluding carboxylic acids is 1. The molecule has 0 radical (unpaired) electrons. The fourth-order valence-corrected chi connectivity index (χ4v) is 5.38. The smallest absolute Gasteiger partial charge is 0.264 e. The molecule has 1 N–H and O–H groups in total. The number of aryl methyl sites for hydroxylation is 1. The third-order valence-electron chi connectivity index (χ3n) is 5.32. The molecule has 4 aromatic rings. The topological polar surface area (TPSA) is 66.5 Å². The van der Waals surface area contributed by atoms with E-state index in [0.29, 0.717) is 11.4 Å². The number of hydrogen-bond acceptors (Lipinski definition) is 4. The predicted molar refractivity (Wildman–Crippen MR) is 137 cm³/mol. The first kappa shape index (κ1) is 22.9. The second-order valence-corrected chi connectivity index (χ2v) is 10.3. The number of sulfonamides is 1. The Bertz CT molecular complexity index is 1380. The van der Waals surface area contributed by atoms with Gasteiger partial charge in [-0.3, -0.25) is 9.10 Å². The number of nitrogens with zero attached hydrogens (tertiary/aromatic N) is 1. The van der Waals surface area contributed by atoms with E-state index >= 15 is 0 Å². The summed E-state index contributed by atoms with van der Waals surface area (Å²) in [5.74, 6) is -0.420. The minimum atomic E-state index is -3.96. The van der Waals surface area contributed by atoms with Crippen LogP contribution in [0.15, 0.2) is 101 Å². The summed E-state index contributed by atoms with van der Waals surface area (Å²) >= 11 is 1.53. The average molecular weight is 477 g/mol. The van der Waals surface area contributed by atoms with Crippen LogP contribution in [0, 0.1) is 6.92 Å². The maximum atomic E-state index is 13.6. The number of fused-ring (bicyclic) bond motifs is 1. The lowest BCUT2D eigenvalue weighted by molar-refractivity contribution is -0.114. The summed E-state index contributed by atoms with van der Waals surface area (Å²) in [5, 5.41) is 4.78. The molecular weight excluding hydrogens is 452 g/mol. The molecule has 0 aliphatic rings. The second kappa shape index (κ2) is 9.68. The largest absolute Gasteiger partial charge is 0.324 e. The van der Waals surface area contributed by atoms with Crippen molar-refractivity contribution < 1.29 is 13.2 Å². The Morgan fingerprint density at radius 3 is 2.24 bits per heavy atom. The minimum Gasteiger partial charge on any atom is -0.324 e. The standard InChI is InChI=1S/C26H24N2O3S2/c1-19-10-12-21(13-11-19)28(33(30,31)23-16-14-22(32-2)15-17-23)18-26(29)27-25-9-5-7-20-6-3-4-8-24(20)25/h3-17H,18H2,1-2H3,(H,27,29). The molecule has 1 amide bonds. The van der Waals surface area contributed by atoms with Gasteiger partial charge in [-0.05, 0) is 61.0 Å². The van der Waals surface area contributed by atoms with E-state index in [-0.39, 0.29) is 11.4 Å². The molecule has 0 atom stereocenters. The van der Waals surface area contributed by atoms with Crippen molar-refractivity contribution in [3.05, 3.63) is 96.6 Å². The maximum absolute atomic E-state index is 13.6. The highest BCUT2D eigenvalue weighted by molar-refractivity contribution is 7.98. The Hall–Kier alpha value is -3.29. The van der Waals surface area contributed by atoms with Crippen molar-refractivity contribution in [2.75, 3.05) is 22.4 Å². The van der Waals surface area contributed by atoms with Crippen LogP contribution in [0.4, 0.5) is 11.4 Å². The van der Waals surface area contributed by atoms with Gasteiger partial charge in [-0.1, -0.05) is 54.1 Å². The molecule has 0 saturated carbocycles. The Morgan fingerprint density at radius 1 is 0.879 bits per heavy atom. The van der Waals surface area contributed by atoms with Crippen LogP contribution in [-0.4, -0.2) is 27.1 Å². The van der Waals surface area contributed by atoms with Crippen molar-refractivity contribution >= 4 is 49.8 Å². The van der Waals surface area contributed by atoms with E-state index in [2.05, 4.69) is 5.32 Å². The van der Waals surface area contributed by atoms with Gasteiger partial charge in [-0.2, -0.15) is 0 Å². The van der Waals surface area contributed by atoms with E-state index in [9.17, 15) is 13.2 Å². The Labute approximate surface area is 198 Å². The van der Waals surface area contributed by atoms with E-state index in [1.807, 2.05) is 67.8 Å². The normalized spacial score (nSPS) is 11.3. The van der Waals surface area contributed by atoms with Gasteiger partial charge >= 0.3 is 0 Å². The van der Waals surface area contributed by atoms with Gasteiger partial charge in [0.1, 0.15) is 6.54 Å². The molecule has 0 saturated heterocycles. The van der Waals surface area contributed by atoms with E-state index in [0.717, 1.165) is 25.5 Å². The molecule has 4 rings (SSSR count). The zero-order valence-corrected chi connectivity index (χ0v) is 20.0. The SMILES string of the molecule is CSc1ccc(S(=O)(=O)N(CC(=O)Nc2cccc3ccccc23)c2ccc(C)cc2)cc1. The third kappa shape index (κ3) is 5.05. The molecular formula is C26H24N2O3S2. The monoisotopic (exact) mass is 476 g/mol. The van der Waals surface area contributed by atoms with Gasteiger partial charge in [0.2, 0.25) is 5.91 Å². The molecule has 5 nitrogen and oxygen atoms in total. The average Bonchev–Trinajstić information content (AvgIpc) is 2.83. The van der Waals surface area contributed by atoms with Crippen molar-refractivity contribution in [3.8, 4) is 0 Å². The van der Waals surface area contributed by atoms with Crippen LogP contribution in [-0.2, 0) is 14.8 Å². The number of benzene rings is 4. The van der Waals surface area contributed by atoms with Gasteiger partial charge in [-0.15, -0.1) is 11.8 Å². The predicted octanol–water partition coefficient (Wildman–Crippen LogP) is 5.70. The number of hydrogen-bond donors (Lipinski definition) is 1. The molecule has 0 aromatic heterocycles. The fourth-order valence-electron chi connectivity index (χ4n) is 3.56. The van der Waals surface area contributed by atoms with Gasteiger partial charge < -0.3 is 5.32 Å². The van der Waals surface area contributed by atoms with E-state index in [1.165, 1.54) is 11.8 Å². The Morgan fingerprint density at radius 2 is 1.55 bits per heavy atom. The first-order valence-corrected chi connectivity index (χ1v) is 13.1. The maximum Gasteiger partial charge on any atom is 0.264 e. The second-order valence-electron chi connectivity index (χ2n) is 7.60. The van der Waals surface area contributed by atoms with Crippen LogP contribution in [0.2, 0.25) is 0 Å². The highest BCUT2D eigenvalue weighted by atomic mass is 32.2. The Kier molecular flexibility index (Phi) is 6.72. The zero-order chi connectivity index (χ0) is 23.4. The highest BCUT2D eigenvalue weighted by Gasteiger charge is 2.27. The quantitative estimate of drug-likeness (QED) is 0.347. The van der Waals surface area contributed by atoms with Gasteiger partial charge in [0.15, 0.2) is 0 Å². The number of amides is 1. The fraction of sp³-hybridized carbons (Fsp3) is 0.115. The van der Waals surface area contributed by atoms with Gasteiger partial charge in [0.25, 0.3) is 10.0 Å². The van der Waals surface area contributed by atoms with Crippen molar-refractivity contribution in [1.29, 1.82) is 0 Å². The number of rotatable bonds is 7. The van der Waals surface area contributed by atoms with Crippen molar-refractivity contribution in [3.63, 3.8) is 0 Å². The van der Waals surface area contributed by atoms with Crippen LogP contribution in [0.25, 0.3) is 10.8 Å². The lowest BCUT2D eigenvalue weighted by Gasteiger charge is -2.24. The number of anilines is 2. The van der Waals surface area contributed by atoms with Crippen LogP contribution >= 0.6 is 11.8 Å². The van der Waals surface area contributed by atoms with Crippen LogP contribution in [0.5, 0.6) is 0 Å². The van der Waals surface area contributed by atoms with Crippen molar-refractivity contribution in [1.82, 2.24) is 0 Å². The van der Waals surface area contributed by atoms with Gasteiger partial charge in [-0.25, -0.2) is 8.42 Å². The summed E-state index contributed by atoms with van der Waals surface area (Å²) in [5.41, 5.74) is 2.08. The number of nitrogens with one attached hydrogen (secondary N) is 1. The molecule has 0 aliphatic heterocycles. The van der Waals surface area contributed by atoms with E-state index < -0.39 is 15.9 Å². The first-order valence-electron chi connectivity index (χ1n) is 10.4. The van der Waals surface area contributed by atoms with E-state index in [4.69, 9.17) is 0 Å². The van der Waals surface area contributed by atoms with Crippen LogP contribution < -0.4 is 9.62 Å². The molecule has 4 aromatic carbocycles. The molecule has 33 heavy (non-hydrogen) atoms. The number of carbonyl (C=O) groups is 1.